The van der Waals surface area contributed by atoms with E-state index in [0.29, 0.717) is 4.83 Å². The minimum Gasteiger partial charge on any atom is -0.299 e. The molecule has 0 bridgehead atoms. The molecule has 2 rings (SSSR count). The highest BCUT2D eigenvalue weighted by molar-refractivity contribution is 9.09. The Morgan fingerprint density at radius 1 is 1.44 bits per heavy atom. The minimum absolute atomic E-state index is 0.689. The summed E-state index contributed by atoms with van der Waals surface area (Å²) in [4.78, 5) is 3.14. The summed E-state index contributed by atoms with van der Waals surface area (Å²) in [6.45, 7) is 5.23. The number of rotatable bonds is 2. The summed E-state index contributed by atoms with van der Waals surface area (Å²) in [6.07, 6.45) is 2.44. The van der Waals surface area contributed by atoms with Gasteiger partial charge in [-0.1, -0.05) is 27.5 Å². The topological polar surface area (TPSA) is 21.1 Å². The molecular formula is C11H17BrClN3. The molecule has 90 valence electrons. The van der Waals surface area contributed by atoms with Crippen LogP contribution in [0.4, 0.5) is 0 Å². The Labute approximate surface area is 110 Å². The summed E-state index contributed by atoms with van der Waals surface area (Å²) in [6, 6.07) is 0. The lowest BCUT2D eigenvalue weighted by molar-refractivity contribution is 0.226. The molecule has 0 spiro atoms. The van der Waals surface area contributed by atoms with E-state index in [9.17, 15) is 0 Å². The molecule has 1 fully saturated rings. The first-order valence-corrected chi connectivity index (χ1v) is 6.91. The van der Waals surface area contributed by atoms with E-state index in [-0.39, 0.29) is 0 Å². The minimum atomic E-state index is 0.689. The second kappa shape index (κ2) is 5.07. The van der Waals surface area contributed by atoms with Gasteiger partial charge >= 0.3 is 0 Å². The van der Waals surface area contributed by atoms with Gasteiger partial charge in [-0.25, -0.2) is 0 Å². The number of aryl methyl sites for hydroxylation is 2. The van der Waals surface area contributed by atoms with Gasteiger partial charge in [0.05, 0.1) is 5.69 Å². The van der Waals surface area contributed by atoms with Gasteiger partial charge in [0.15, 0.2) is 0 Å². The van der Waals surface area contributed by atoms with E-state index < -0.39 is 0 Å². The molecule has 1 aliphatic heterocycles. The Bertz CT molecular complexity index is 370. The molecule has 2 heterocycles. The summed E-state index contributed by atoms with van der Waals surface area (Å²) in [5.41, 5.74) is 2.23. The van der Waals surface area contributed by atoms with Crippen molar-refractivity contribution in [1.29, 1.82) is 0 Å². The van der Waals surface area contributed by atoms with Crippen molar-refractivity contribution in [2.24, 2.45) is 7.05 Å². The fraction of sp³-hybridized carbons (Fsp3) is 0.727. The molecule has 5 heteroatoms. The second-order valence-electron chi connectivity index (χ2n) is 4.43. The Morgan fingerprint density at radius 3 is 2.56 bits per heavy atom. The molecular weight excluding hydrogens is 289 g/mol. The van der Waals surface area contributed by atoms with Crippen molar-refractivity contribution in [3.63, 3.8) is 0 Å². The number of aromatic nitrogens is 2. The van der Waals surface area contributed by atoms with E-state index in [1.165, 1.54) is 18.4 Å². The maximum Gasteiger partial charge on any atom is 0.131 e. The van der Waals surface area contributed by atoms with Crippen LogP contribution in [0.5, 0.6) is 0 Å². The van der Waals surface area contributed by atoms with E-state index in [2.05, 4.69) is 25.9 Å². The van der Waals surface area contributed by atoms with Crippen LogP contribution in [0, 0.1) is 6.92 Å². The van der Waals surface area contributed by atoms with Crippen molar-refractivity contribution in [3.8, 4) is 0 Å². The summed E-state index contributed by atoms with van der Waals surface area (Å²) in [5.74, 6) is 0. The van der Waals surface area contributed by atoms with Crippen LogP contribution in [0.3, 0.4) is 0 Å². The first kappa shape index (κ1) is 12.4. The Kier molecular flexibility index (Phi) is 3.93. The van der Waals surface area contributed by atoms with Crippen LogP contribution < -0.4 is 0 Å². The highest BCUT2D eigenvalue weighted by Gasteiger charge is 2.20. The summed E-state index contributed by atoms with van der Waals surface area (Å²) >= 11 is 9.89. The lowest BCUT2D eigenvalue weighted by Crippen LogP contribution is -2.33. The van der Waals surface area contributed by atoms with Crippen molar-refractivity contribution >= 4 is 27.5 Å². The summed E-state index contributed by atoms with van der Waals surface area (Å²) < 4.78 is 1.75. The standard InChI is InChI=1S/C11H17BrClN3/c1-8-10(11(13)15(2)14-8)7-16-5-3-9(12)4-6-16/h9H,3-7H2,1-2H3. The lowest BCUT2D eigenvalue weighted by atomic mass is 10.1. The van der Waals surface area contributed by atoms with Gasteiger partial charge in [-0.15, -0.1) is 0 Å². The highest BCUT2D eigenvalue weighted by Crippen LogP contribution is 2.24. The van der Waals surface area contributed by atoms with Crippen molar-refractivity contribution in [1.82, 2.24) is 14.7 Å². The number of piperidine rings is 1. The van der Waals surface area contributed by atoms with Crippen LogP contribution in [0.15, 0.2) is 0 Å². The van der Waals surface area contributed by atoms with Gasteiger partial charge in [0.1, 0.15) is 5.15 Å². The summed E-state index contributed by atoms with van der Waals surface area (Å²) in [5, 5.41) is 5.12. The third-order valence-corrected chi connectivity index (χ3v) is 4.56. The van der Waals surface area contributed by atoms with Crippen molar-refractivity contribution in [2.75, 3.05) is 13.1 Å². The van der Waals surface area contributed by atoms with Gasteiger partial charge in [0.25, 0.3) is 0 Å². The molecule has 1 aromatic rings. The van der Waals surface area contributed by atoms with E-state index in [0.717, 1.165) is 30.5 Å². The number of hydrogen-bond acceptors (Lipinski definition) is 2. The van der Waals surface area contributed by atoms with Crippen LogP contribution in [0.2, 0.25) is 5.15 Å². The SMILES string of the molecule is Cc1nn(C)c(Cl)c1CN1CCC(Br)CC1. The van der Waals surface area contributed by atoms with E-state index >= 15 is 0 Å². The highest BCUT2D eigenvalue weighted by atomic mass is 79.9. The molecule has 1 aromatic heterocycles. The molecule has 3 nitrogen and oxygen atoms in total. The zero-order valence-corrected chi connectivity index (χ0v) is 12.1. The molecule has 0 amide bonds. The van der Waals surface area contributed by atoms with E-state index in [4.69, 9.17) is 11.6 Å². The Morgan fingerprint density at radius 2 is 2.06 bits per heavy atom. The average molecular weight is 307 g/mol. The molecule has 1 aliphatic rings. The molecule has 0 unspecified atom stereocenters. The van der Waals surface area contributed by atoms with E-state index in [1.54, 1.807) is 4.68 Å². The molecule has 16 heavy (non-hydrogen) atoms. The molecule has 0 radical (unpaired) electrons. The van der Waals surface area contributed by atoms with Crippen LogP contribution in [0.1, 0.15) is 24.1 Å². The number of halogens is 2. The average Bonchev–Trinajstić information content (AvgIpc) is 2.48. The smallest absolute Gasteiger partial charge is 0.131 e. The molecule has 0 atom stereocenters. The first-order chi connectivity index (χ1) is 7.58. The molecule has 0 saturated carbocycles. The maximum absolute atomic E-state index is 6.23. The fourth-order valence-electron chi connectivity index (χ4n) is 2.14. The predicted octanol–water partition coefficient (Wildman–Crippen LogP) is 2.74. The number of alkyl halides is 1. The van der Waals surface area contributed by atoms with Crippen molar-refractivity contribution < 1.29 is 0 Å². The quantitative estimate of drug-likeness (QED) is 0.784. The monoisotopic (exact) mass is 305 g/mol. The number of nitrogens with zero attached hydrogens (tertiary/aromatic N) is 3. The zero-order chi connectivity index (χ0) is 11.7. The third kappa shape index (κ3) is 2.60. The fourth-order valence-corrected chi connectivity index (χ4v) is 2.78. The van der Waals surface area contributed by atoms with E-state index in [1.807, 2.05) is 14.0 Å². The van der Waals surface area contributed by atoms with Crippen molar-refractivity contribution in [3.05, 3.63) is 16.4 Å². The largest absolute Gasteiger partial charge is 0.299 e. The van der Waals surface area contributed by atoms with Gasteiger partial charge in [0.2, 0.25) is 0 Å². The van der Waals surface area contributed by atoms with Gasteiger partial charge < -0.3 is 0 Å². The number of likely N-dealkylation sites (tertiary alicyclic amines) is 1. The maximum atomic E-state index is 6.23. The third-order valence-electron chi connectivity index (χ3n) is 3.17. The molecule has 0 aromatic carbocycles. The van der Waals surface area contributed by atoms with Crippen molar-refractivity contribution in [2.45, 2.75) is 31.1 Å². The first-order valence-electron chi connectivity index (χ1n) is 5.62. The summed E-state index contributed by atoms with van der Waals surface area (Å²) in [7, 11) is 1.89. The lowest BCUT2D eigenvalue weighted by Gasteiger charge is -2.29. The van der Waals surface area contributed by atoms with Gasteiger partial charge in [-0.3, -0.25) is 9.58 Å². The molecule has 0 aliphatic carbocycles. The number of hydrogen-bond donors (Lipinski definition) is 0. The van der Waals surface area contributed by atoms with Crippen LogP contribution in [0.25, 0.3) is 0 Å². The van der Waals surface area contributed by atoms with Gasteiger partial charge in [-0.2, -0.15) is 5.10 Å². The van der Waals surface area contributed by atoms with Crippen LogP contribution in [-0.4, -0.2) is 32.6 Å². The normalized spacial score (nSPS) is 19.2. The second-order valence-corrected chi connectivity index (χ2v) is 6.08. The van der Waals surface area contributed by atoms with Gasteiger partial charge in [0, 0.05) is 24.0 Å². The van der Waals surface area contributed by atoms with Crippen LogP contribution in [-0.2, 0) is 13.6 Å². The van der Waals surface area contributed by atoms with Gasteiger partial charge in [-0.05, 0) is 32.9 Å². The Balaban J connectivity index is 2.03. The van der Waals surface area contributed by atoms with Crippen LogP contribution >= 0.6 is 27.5 Å². The Hall–Kier alpha value is -0.0600. The molecule has 0 N–H and O–H groups in total. The molecule has 1 saturated heterocycles. The zero-order valence-electron chi connectivity index (χ0n) is 9.71. The predicted molar refractivity (Wildman–Crippen MR) is 70.2 cm³/mol.